The van der Waals surface area contributed by atoms with Crippen LogP contribution in [-0.2, 0) is 11.3 Å². The molecule has 2 aromatic carbocycles. The topological polar surface area (TPSA) is 72.8 Å². The predicted octanol–water partition coefficient (Wildman–Crippen LogP) is 3.72. The molecule has 2 aromatic heterocycles. The number of carbonyl (C=O) groups excluding carboxylic acids is 1. The molecule has 0 aliphatic heterocycles. The zero-order chi connectivity index (χ0) is 18.1. The molecular formula is C20H18N4O2. The van der Waals surface area contributed by atoms with Crippen LogP contribution in [0.4, 0.5) is 0 Å². The summed E-state index contributed by atoms with van der Waals surface area (Å²) in [6, 6.07) is 16.9. The molecule has 0 aliphatic rings. The molecule has 4 rings (SSSR count). The van der Waals surface area contributed by atoms with Gasteiger partial charge in [-0.25, -0.2) is 14.5 Å². The van der Waals surface area contributed by atoms with Crippen molar-refractivity contribution in [2.75, 3.05) is 0 Å². The standard InChI is InChI=1S/C20H18N4O2/c1-13-11-14(2)24(23-13)16-9-7-15(8-10-16)20(25)26-12-19-21-17-5-3-4-6-18(17)22-19/h3-11H,12H2,1-2H3,(H,21,22). The first kappa shape index (κ1) is 16.1. The minimum Gasteiger partial charge on any atom is -0.454 e. The number of rotatable bonds is 4. The molecule has 0 saturated carbocycles. The number of hydrogen-bond acceptors (Lipinski definition) is 4. The molecule has 6 heteroatoms. The van der Waals surface area contributed by atoms with Crippen LogP contribution in [0.2, 0.25) is 0 Å². The molecule has 0 amide bonds. The van der Waals surface area contributed by atoms with E-state index in [9.17, 15) is 4.79 Å². The van der Waals surface area contributed by atoms with E-state index in [1.54, 1.807) is 12.1 Å². The van der Waals surface area contributed by atoms with Crippen LogP contribution < -0.4 is 0 Å². The van der Waals surface area contributed by atoms with Gasteiger partial charge in [0.15, 0.2) is 0 Å². The van der Waals surface area contributed by atoms with Crippen LogP contribution in [-0.4, -0.2) is 25.7 Å². The van der Waals surface area contributed by atoms with Gasteiger partial charge in [0.2, 0.25) is 0 Å². The lowest BCUT2D eigenvalue weighted by Crippen LogP contribution is -2.07. The Kier molecular flexibility index (Phi) is 4.01. The minimum atomic E-state index is -0.384. The van der Waals surface area contributed by atoms with Crippen molar-refractivity contribution < 1.29 is 9.53 Å². The lowest BCUT2D eigenvalue weighted by atomic mass is 10.2. The van der Waals surface area contributed by atoms with Crippen LogP contribution >= 0.6 is 0 Å². The third kappa shape index (κ3) is 3.09. The Hall–Kier alpha value is -3.41. The number of esters is 1. The number of nitrogens with one attached hydrogen (secondary N) is 1. The van der Waals surface area contributed by atoms with Crippen LogP contribution in [0.15, 0.2) is 54.6 Å². The number of ether oxygens (including phenoxy) is 1. The Morgan fingerprint density at radius 2 is 1.88 bits per heavy atom. The van der Waals surface area contributed by atoms with Crippen LogP contribution in [0.1, 0.15) is 27.6 Å². The number of carbonyl (C=O) groups is 1. The smallest absolute Gasteiger partial charge is 0.338 e. The average Bonchev–Trinajstić information content (AvgIpc) is 3.22. The zero-order valence-electron chi connectivity index (χ0n) is 14.6. The van der Waals surface area contributed by atoms with Gasteiger partial charge in [-0.15, -0.1) is 0 Å². The summed E-state index contributed by atoms with van der Waals surface area (Å²) in [5, 5.41) is 4.44. The van der Waals surface area contributed by atoms with Gasteiger partial charge in [-0.2, -0.15) is 5.10 Å². The van der Waals surface area contributed by atoms with Gasteiger partial charge in [0, 0.05) is 5.69 Å². The number of benzene rings is 2. The minimum absolute atomic E-state index is 0.104. The molecule has 0 saturated heterocycles. The van der Waals surface area contributed by atoms with Crippen molar-refractivity contribution in [2.45, 2.75) is 20.5 Å². The Morgan fingerprint density at radius 3 is 2.58 bits per heavy atom. The molecule has 0 bridgehead atoms. The van der Waals surface area contributed by atoms with Gasteiger partial charge < -0.3 is 9.72 Å². The van der Waals surface area contributed by atoms with Gasteiger partial charge in [-0.05, 0) is 56.3 Å². The maximum absolute atomic E-state index is 12.3. The summed E-state index contributed by atoms with van der Waals surface area (Å²) >= 11 is 0. The normalized spacial score (nSPS) is 11.0. The number of aromatic amines is 1. The van der Waals surface area contributed by atoms with E-state index in [1.807, 2.05) is 61.0 Å². The van der Waals surface area contributed by atoms with E-state index < -0.39 is 0 Å². The second kappa shape index (κ2) is 6.48. The van der Waals surface area contributed by atoms with Crippen LogP contribution in [0, 0.1) is 13.8 Å². The van der Waals surface area contributed by atoms with Crippen molar-refractivity contribution in [1.29, 1.82) is 0 Å². The summed E-state index contributed by atoms with van der Waals surface area (Å²) in [6.07, 6.45) is 0. The fourth-order valence-corrected chi connectivity index (χ4v) is 2.92. The zero-order valence-corrected chi connectivity index (χ0v) is 14.6. The van der Waals surface area contributed by atoms with E-state index in [2.05, 4.69) is 15.1 Å². The quantitative estimate of drug-likeness (QED) is 0.572. The molecule has 0 fully saturated rings. The number of fused-ring (bicyclic) bond motifs is 1. The van der Waals surface area contributed by atoms with Gasteiger partial charge in [-0.1, -0.05) is 12.1 Å². The van der Waals surface area contributed by atoms with Crippen LogP contribution in [0.3, 0.4) is 0 Å². The average molecular weight is 346 g/mol. The Labute approximate surface area is 150 Å². The molecule has 1 N–H and O–H groups in total. The third-order valence-electron chi connectivity index (χ3n) is 4.14. The summed E-state index contributed by atoms with van der Waals surface area (Å²) < 4.78 is 7.21. The third-order valence-corrected chi connectivity index (χ3v) is 4.14. The molecule has 0 atom stereocenters. The highest BCUT2D eigenvalue weighted by Crippen LogP contribution is 2.15. The van der Waals surface area contributed by atoms with E-state index in [0.29, 0.717) is 11.4 Å². The first-order valence-corrected chi connectivity index (χ1v) is 8.34. The van der Waals surface area contributed by atoms with E-state index in [0.717, 1.165) is 28.1 Å². The number of H-pyrrole nitrogens is 1. The molecule has 0 radical (unpaired) electrons. The lowest BCUT2D eigenvalue weighted by Gasteiger charge is -2.06. The number of aryl methyl sites for hydroxylation is 2. The maximum Gasteiger partial charge on any atom is 0.338 e. The van der Waals surface area contributed by atoms with Crippen molar-refractivity contribution in [2.24, 2.45) is 0 Å². The Morgan fingerprint density at radius 1 is 1.12 bits per heavy atom. The Balaban J connectivity index is 1.45. The molecule has 2 heterocycles. The fraction of sp³-hybridized carbons (Fsp3) is 0.150. The second-order valence-corrected chi connectivity index (χ2v) is 6.16. The van der Waals surface area contributed by atoms with Crippen molar-refractivity contribution in [1.82, 2.24) is 19.7 Å². The van der Waals surface area contributed by atoms with Crippen molar-refractivity contribution in [3.05, 3.63) is 77.4 Å². The highest BCUT2D eigenvalue weighted by atomic mass is 16.5. The Bertz CT molecular complexity index is 1040. The molecule has 0 spiro atoms. The molecule has 0 aliphatic carbocycles. The molecule has 6 nitrogen and oxygen atoms in total. The van der Waals surface area contributed by atoms with Gasteiger partial charge in [0.1, 0.15) is 12.4 Å². The number of imidazole rings is 1. The van der Waals surface area contributed by atoms with Gasteiger partial charge >= 0.3 is 5.97 Å². The van der Waals surface area contributed by atoms with Gasteiger partial charge in [-0.3, -0.25) is 0 Å². The largest absolute Gasteiger partial charge is 0.454 e. The number of hydrogen-bond donors (Lipinski definition) is 1. The van der Waals surface area contributed by atoms with Crippen LogP contribution in [0.5, 0.6) is 0 Å². The predicted molar refractivity (Wildman–Crippen MR) is 98.3 cm³/mol. The van der Waals surface area contributed by atoms with Crippen molar-refractivity contribution in [3.63, 3.8) is 0 Å². The number of nitrogens with zero attached hydrogens (tertiary/aromatic N) is 3. The summed E-state index contributed by atoms with van der Waals surface area (Å²) in [6.45, 7) is 4.05. The lowest BCUT2D eigenvalue weighted by molar-refractivity contribution is 0.0463. The summed E-state index contributed by atoms with van der Waals surface area (Å²) in [5.74, 6) is 0.240. The highest BCUT2D eigenvalue weighted by Gasteiger charge is 2.11. The first-order chi connectivity index (χ1) is 12.6. The van der Waals surface area contributed by atoms with E-state index in [-0.39, 0.29) is 12.6 Å². The first-order valence-electron chi connectivity index (χ1n) is 8.34. The monoisotopic (exact) mass is 346 g/mol. The highest BCUT2D eigenvalue weighted by molar-refractivity contribution is 5.89. The number of para-hydroxylation sites is 2. The van der Waals surface area contributed by atoms with Gasteiger partial charge in [0.25, 0.3) is 0 Å². The second-order valence-electron chi connectivity index (χ2n) is 6.16. The summed E-state index contributed by atoms with van der Waals surface area (Å²) in [4.78, 5) is 19.8. The van der Waals surface area contributed by atoms with E-state index in [1.165, 1.54) is 0 Å². The summed E-state index contributed by atoms with van der Waals surface area (Å²) in [5.41, 5.74) is 5.18. The van der Waals surface area contributed by atoms with E-state index in [4.69, 9.17) is 4.74 Å². The van der Waals surface area contributed by atoms with Crippen molar-refractivity contribution in [3.8, 4) is 5.69 Å². The molecular weight excluding hydrogens is 328 g/mol. The molecule has 130 valence electrons. The summed E-state index contributed by atoms with van der Waals surface area (Å²) in [7, 11) is 0. The van der Waals surface area contributed by atoms with Crippen molar-refractivity contribution >= 4 is 17.0 Å². The molecule has 26 heavy (non-hydrogen) atoms. The van der Waals surface area contributed by atoms with Crippen LogP contribution in [0.25, 0.3) is 16.7 Å². The molecule has 0 unspecified atom stereocenters. The number of aromatic nitrogens is 4. The fourth-order valence-electron chi connectivity index (χ4n) is 2.92. The molecule has 4 aromatic rings. The maximum atomic E-state index is 12.3. The van der Waals surface area contributed by atoms with E-state index >= 15 is 0 Å². The SMILES string of the molecule is Cc1cc(C)n(-c2ccc(C(=O)OCc3nc4ccccc4[nH]3)cc2)n1. The van der Waals surface area contributed by atoms with Gasteiger partial charge in [0.05, 0.1) is 28.0 Å².